The maximum Gasteiger partial charge on any atom is 0.344 e. The Balaban J connectivity index is 1.96. The summed E-state index contributed by atoms with van der Waals surface area (Å²) in [6, 6.07) is 16.9. The van der Waals surface area contributed by atoms with Gasteiger partial charge < -0.3 is 39.1 Å². The van der Waals surface area contributed by atoms with Gasteiger partial charge in [0.15, 0.2) is 26.4 Å². The van der Waals surface area contributed by atoms with E-state index in [4.69, 9.17) is 28.4 Å². The number of rotatable bonds is 24. The minimum absolute atomic E-state index is 0.184. The van der Waals surface area contributed by atoms with E-state index in [0.717, 1.165) is 73.6 Å². The molecule has 1 heterocycles. The molecule has 12 nitrogen and oxygen atoms in total. The highest BCUT2D eigenvalue weighted by Gasteiger charge is 2.31. The predicted octanol–water partition coefficient (Wildman–Crippen LogP) is 15.8. The summed E-state index contributed by atoms with van der Waals surface area (Å²) in [5.74, 6) is 0.307. The van der Waals surface area contributed by atoms with Crippen LogP contribution in [0.3, 0.4) is 0 Å². The second-order valence-electron chi connectivity index (χ2n) is 24.2. The molecule has 0 saturated heterocycles. The van der Waals surface area contributed by atoms with Gasteiger partial charge in [0.1, 0.15) is 23.0 Å². The Labute approximate surface area is 495 Å². The van der Waals surface area contributed by atoms with Gasteiger partial charge >= 0.3 is 11.9 Å². The van der Waals surface area contributed by atoms with Crippen molar-refractivity contribution in [2.75, 3.05) is 52.7 Å². The molecule has 0 unspecified atom stereocenters. The molecule has 8 bridgehead atoms. The van der Waals surface area contributed by atoms with Crippen LogP contribution in [0.15, 0.2) is 87.7 Å². The number of hydrogen-bond acceptors (Lipinski definition) is 14. The van der Waals surface area contributed by atoms with E-state index in [1.54, 1.807) is 13.8 Å². The summed E-state index contributed by atoms with van der Waals surface area (Å²) in [7, 11) is 0. The van der Waals surface area contributed by atoms with Gasteiger partial charge in [0.05, 0.1) is 52.4 Å². The first-order valence-electron chi connectivity index (χ1n) is 28.5. The quantitative estimate of drug-likeness (QED) is 0.0446. The molecule has 80 heavy (non-hydrogen) atoms. The molecule has 4 aromatic carbocycles. The molecule has 0 saturated carbocycles. The first-order chi connectivity index (χ1) is 37.7. The number of hydrogen-bond donors (Lipinski definition) is 2. The smallest absolute Gasteiger partial charge is 0.344 e. The van der Waals surface area contributed by atoms with Crippen LogP contribution in [0.5, 0.6) is 23.0 Å². The zero-order valence-corrected chi connectivity index (χ0v) is 53.9. The second kappa shape index (κ2) is 30.1. The Bertz CT molecular complexity index is 2480. The van der Waals surface area contributed by atoms with Crippen LogP contribution in [0.4, 0.5) is 0 Å². The molecule has 4 aromatic rings. The van der Waals surface area contributed by atoms with Crippen molar-refractivity contribution < 1.29 is 47.6 Å². The number of ether oxygens (including phenoxy) is 6. The highest BCUT2D eigenvalue weighted by Crippen LogP contribution is 2.56. The highest BCUT2D eigenvalue weighted by molar-refractivity contribution is 8.01. The molecule has 440 valence electrons. The van der Waals surface area contributed by atoms with Crippen molar-refractivity contribution in [2.45, 2.75) is 223 Å². The molecule has 0 atom stereocenters. The van der Waals surface area contributed by atoms with Gasteiger partial charge in [-0.3, -0.25) is 9.59 Å². The third kappa shape index (κ3) is 19.8. The molecule has 0 aliphatic carbocycles. The van der Waals surface area contributed by atoms with E-state index in [-0.39, 0.29) is 73.1 Å². The summed E-state index contributed by atoms with van der Waals surface area (Å²) in [5, 5.41) is 6.16. The number of amides is 2. The van der Waals surface area contributed by atoms with Crippen molar-refractivity contribution in [1.29, 1.82) is 0 Å². The van der Waals surface area contributed by atoms with E-state index in [0.29, 0.717) is 75.3 Å². The number of nitrogens with one attached hydrogen (secondary N) is 2. The first-order valence-corrected chi connectivity index (χ1v) is 31.7. The maximum atomic E-state index is 13.8. The average Bonchev–Trinajstić information content (AvgIpc) is 3.43. The number of fused-ring (bicyclic) bond motifs is 8. The van der Waals surface area contributed by atoms with Gasteiger partial charge in [-0.2, -0.15) is 0 Å². The lowest BCUT2D eigenvalue weighted by molar-refractivity contribution is -0.146. The topological polar surface area (TPSA) is 148 Å². The molecular formula is C64H90N2O10S4. The van der Waals surface area contributed by atoms with Crippen LogP contribution in [0.2, 0.25) is 0 Å². The van der Waals surface area contributed by atoms with Gasteiger partial charge in [0.25, 0.3) is 11.8 Å². The van der Waals surface area contributed by atoms with Crippen LogP contribution in [0.25, 0.3) is 0 Å². The molecule has 0 aromatic heterocycles. The average molecular weight is 1180 g/mol. The van der Waals surface area contributed by atoms with Crippen molar-refractivity contribution in [1.82, 2.24) is 10.6 Å². The van der Waals surface area contributed by atoms with Gasteiger partial charge in [0, 0.05) is 13.1 Å². The Kier molecular flexibility index (Phi) is 24.9. The molecule has 2 N–H and O–H groups in total. The summed E-state index contributed by atoms with van der Waals surface area (Å²) in [6.45, 7) is 34.0. The fraction of sp³-hybridized carbons (Fsp3) is 0.562. The van der Waals surface area contributed by atoms with Crippen molar-refractivity contribution in [3.63, 3.8) is 0 Å². The van der Waals surface area contributed by atoms with Gasteiger partial charge in [-0.05, 0) is 119 Å². The second-order valence-corrected chi connectivity index (χ2v) is 28.5. The van der Waals surface area contributed by atoms with Crippen molar-refractivity contribution >= 4 is 70.8 Å². The van der Waals surface area contributed by atoms with Crippen LogP contribution in [0.1, 0.15) is 184 Å². The lowest BCUT2D eigenvalue weighted by atomic mass is 9.87. The molecule has 5 rings (SSSR count). The van der Waals surface area contributed by atoms with Gasteiger partial charge in [-0.25, -0.2) is 9.59 Å². The highest BCUT2D eigenvalue weighted by atomic mass is 32.2. The molecule has 16 heteroatoms. The third-order valence-corrected chi connectivity index (χ3v) is 17.3. The lowest BCUT2D eigenvalue weighted by Crippen LogP contribution is -2.29. The molecule has 0 radical (unpaired) electrons. The number of carbonyl (C=O) groups excluding carboxylic acids is 4. The van der Waals surface area contributed by atoms with Gasteiger partial charge in [0.2, 0.25) is 0 Å². The molecule has 0 spiro atoms. The van der Waals surface area contributed by atoms with E-state index in [1.807, 2.05) is 0 Å². The molecule has 0 fully saturated rings. The monoisotopic (exact) mass is 1170 g/mol. The first kappa shape index (κ1) is 66.2. The standard InChI is InChI=1S/C64H90N2O10S4/c1-17-21-23-25-27-65-53(67)37-73-57-45-29-41(61(5,6)7)30-46(57)78-50-34-44(64(14,15)16)36-52(60(50)76-40-56(70)72-20-4)80-48-32-42(62(8,9)10)31-47(58(48)74-38-54(68)66-28-26-24-22-18-2)79-51-35-43(63(11,12)13)33-49(77-45)59(51)75-39-55(69)71-19-3/h29-36H,17-28,37-40H2,1-16H3,(H,65,67)(H,66,68). The Morgan fingerprint density at radius 1 is 0.362 bits per heavy atom. The normalized spacial score (nSPS) is 12.8. The largest absolute Gasteiger partial charge is 0.481 e. The Hall–Kier alpha value is -4.64. The molecule has 2 amide bonds. The summed E-state index contributed by atoms with van der Waals surface area (Å²) < 4.78 is 38.0. The minimum Gasteiger partial charge on any atom is -0.481 e. The van der Waals surface area contributed by atoms with E-state index in [2.05, 4.69) is 156 Å². The summed E-state index contributed by atoms with van der Waals surface area (Å²) in [5.41, 5.74) is 2.51. The maximum absolute atomic E-state index is 13.8. The third-order valence-electron chi connectivity index (χ3n) is 13.1. The molecule has 1 aliphatic rings. The van der Waals surface area contributed by atoms with Crippen LogP contribution in [-0.2, 0) is 50.3 Å². The number of benzene rings is 4. The molecule has 1 aliphatic heterocycles. The fourth-order valence-corrected chi connectivity index (χ4v) is 13.1. The fourth-order valence-electron chi connectivity index (χ4n) is 8.29. The molecular weight excluding hydrogens is 1080 g/mol. The number of unbranched alkanes of at least 4 members (excludes halogenated alkanes) is 6. The van der Waals surface area contributed by atoms with Crippen molar-refractivity contribution in [3.05, 3.63) is 70.8 Å². The zero-order chi connectivity index (χ0) is 59.0. The van der Waals surface area contributed by atoms with Gasteiger partial charge in [-0.15, -0.1) is 0 Å². The van der Waals surface area contributed by atoms with E-state index >= 15 is 0 Å². The summed E-state index contributed by atoms with van der Waals surface area (Å²) >= 11 is 5.75. The van der Waals surface area contributed by atoms with Gasteiger partial charge in [-0.1, -0.05) is 183 Å². The van der Waals surface area contributed by atoms with Crippen LogP contribution >= 0.6 is 47.0 Å². The Morgan fingerprint density at radius 3 is 0.812 bits per heavy atom. The summed E-state index contributed by atoms with van der Waals surface area (Å²) in [4.78, 5) is 59.9. The minimum atomic E-state index is -0.519. The number of esters is 2. The van der Waals surface area contributed by atoms with E-state index in [1.165, 1.54) is 47.0 Å². The van der Waals surface area contributed by atoms with Crippen molar-refractivity contribution in [3.8, 4) is 23.0 Å². The predicted molar refractivity (Wildman–Crippen MR) is 327 cm³/mol. The van der Waals surface area contributed by atoms with Crippen LogP contribution in [-0.4, -0.2) is 76.5 Å². The van der Waals surface area contributed by atoms with Crippen molar-refractivity contribution in [2.24, 2.45) is 0 Å². The van der Waals surface area contributed by atoms with Crippen LogP contribution in [0, 0.1) is 0 Å². The van der Waals surface area contributed by atoms with E-state index < -0.39 is 11.9 Å². The number of carbonyl (C=O) groups is 4. The Morgan fingerprint density at radius 2 is 0.600 bits per heavy atom. The summed E-state index contributed by atoms with van der Waals surface area (Å²) in [6.07, 6.45) is 8.13. The lowest BCUT2D eigenvalue weighted by Gasteiger charge is -2.28. The SMILES string of the molecule is CCCCCCNC(=O)COc1c2cc(C(C)(C)C)cc1Sc1cc(C(C)(C)C)cc(c1OCC(=O)OCC)Sc1cc(C(C)(C)C)cc(c1OCC(=O)NCCCCCC)Sc1cc(C(C)(C)C)cc(c1OCC(=O)OCC)S2. The van der Waals surface area contributed by atoms with Crippen LogP contribution < -0.4 is 29.6 Å². The zero-order valence-electron chi connectivity index (χ0n) is 50.6. The van der Waals surface area contributed by atoms with E-state index in [9.17, 15) is 19.2 Å².